The van der Waals surface area contributed by atoms with Gasteiger partial charge in [0.25, 0.3) is 0 Å². The molecule has 0 atom stereocenters. The molecular weight excluding hydrogens is 354 g/mol. The lowest BCUT2D eigenvalue weighted by molar-refractivity contribution is 0.527. The molecule has 0 amide bonds. The molecule has 2 heteroatoms. The Kier molecular flexibility index (Phi) is 17.4. The van der Waals surface area contributed by atoms with E-state index in [-0.39, 0.29) is 11.0 Å². The van der Waals surface area contributed by atoms with Crippen molar-refractivity contribution in [1.29, 1.82) is 0 Å². The Morgan fingerprint density at radius 3 is 1.41 bits per heavy atom. The first-order valence-corrected chi connectivity index (χ1v) is 12.4. The van der Waals surface area contributed by atoms with Gasteiger partial charge in [0.2, 0.25) is 0 Å². The summed E-state index contributed by atoms with van der Waals surface area (Å²) in [4.78, 5) is 0. The average molecular weight is 406 g/mol. The van der Waals surface area contributed by atoms with Crippen molar-refractivity contribution >= 4 is 0 Å². The van der Waals surface area contributed by atoms with Gasteiger partial charge in [0.15, 0.2) is 0 Å². The number of hydrogen-bond acceptors (Lipinski definition) is 1. The molecule has 0 radical (unpaired) electrons. The molecule has 4 N–H and O–H groups in total. The van der Waals surface area contributed by atoms with Gasteiger partial charge in [0.05, 0.1) is 0 Å². The average Bonchev–Trinajstić information content (AvgIpc) is 2.67. The smallest absolute Gasteiger partial charge is 0.0355 e. The molecule has 0 aliphatic carbocycles. The molecule has 0 saturated heterocycles. The van der Waals surface area contributed by atoms with Gasteiger partial charge < -0.3 is 11.2 Å². The van der Waals surface area contributed by atoms with Crippen molar-refractivity contribution in [1.82, 2.24) is 0 Å². The maximum Gasteiger partial charge on any atom is 0.0355 e. The zero-order valence-electron chi connectivity index (χ0n) is 19.9. The van der Waals surface area contributed by atoms with E-state index in [2.05, 4.69) is 45.0 Å². The van der Waals surface area contributed by atoms with Crippen LogP contribution in [0.5, 0.6) is 0 Å². The molecule has 2 nitrogen and oxygen atoms in total. The fourth-order valence-electron chi connectivity index (χ4n) is 4.23. The van der Waals surface area contributed by atoms with Crippen LogP contribution in [-0.4, -0.2) is 5.48 Å². The van der Waals surface area contributed by atoms with Crippen molar-refractivity contribution in [2.75, 3.05) is 0 Å². The summed E-state index contributed by atoms with van der Waals surface area (Å²) in [6.07, 6.45) is 24.0. The van der Waals surface area contributed by atoms with E-state index in [9.17, 15) is 0 Å². The highest BCUT2D eigenvalue weighted by Gasteiger charge is 2.17. The molecule has 0 spiro atoms. The lowest BCUT2D eigenvalue weighted by Gasteiger charge is -2.23. The van der Waals surface area contributed by atoms with Crippen molar-refractivity contribution in [2.45, 2.75) is 135 Å². The van der Waals surface area contributed by atoms with Gasteiger partial charge in [-0.1, -0.05) is 128 Å². The number of benzene rings is 1. The van der Waals surface area contributed by atoms with E-state index in [1.807, 2.05) is 0 Å². The molecule has 0 saturated carbocycles. The summed E-state index contributed by atoms with van der Waals surface area (Å²) in [5.41, 5.74) is 8.85. The van der Waals surface area contributed by atoms with E-state index in [1.165, 1.54) is 120 Å². The van der Waals surface area contributed by atoms with E-state index >= 15 is 0 Å². The molecule has 170 valence electrons. The standard InChI is InChI=1S/C27H49N.H2O/c1-4-5-6-7-8-9-10-11-12-13-14-15-16-17-18-19-22-25-23-20-21-24-26(25)27(2,3)28;/h20-21,23-24H,4-19,22,28H2,1-3H3;1H2. The Morgan fingerprint density at radius 1 is 0.621 bits per heavy atom. The van der Waals surface area contributed by atoms with Crippen molar-refractivity contribution in [2.24, 2.45) is 5.73 Å². The van der Waals surface area contributed by atoms with Gasteiger partial charge in [-0.15, -0.1) is 0 Å². The number of unbranched alkanes of at least 4 members (excludes halogenated alkanes) is 15. The van der Waals surface area contributed by atoms with Crippen LogP contribution in [0.2, 0.25) is 0 Å². The second kappa shape index (κ2) is 18.0. The molecule has 0 aromatic heterocycles. The predicted molar refractivity (Wildman–Crippen MR) is 131 cm³/mol. The van der Waals surface area contributed by atoms with Crippen LogP contribution in [-0.2, 0) is 12.0 Å². The maximum atomic E-state index is 6.32. The maximum absolute atomic E-state index is 6.32. The molecule has 0 bridgehead atoms. The number of nitrogens with two attached hydrogens (primary N) is 1. The first-order chi connectivity index (χ1) is 13.6. The quantitative estimate of drug-likeness (QED) is 0.248. The van der Waals surface area contributed by atoms with Gasteiger partial charge in [-0.3, -0.25) is 0 Å². The first kappa shape index (κ1) is 28.1. The Labute approximate surface area is 182 Å². The summed E-state index contributed by atoms with van der Waals surface area (Å²) in [5, 5.41) is 0. The summed E-state index contributed by atoms with van der Waals surface area (Å²) in [5.74, 6) is 0. The van der Waals surface area contributed by atoms with Crippen LogP contribution in [0.1, 0.15) is 135 Å². The van der Waals surface area contributed by atoms with Crippen molar-refractivity contribution in [3.63, 3.8) is 0 Å². The highest BCUT2D eigenvalue weighted by atomic mass is 16.0. The second-order valence-corrected chi connectivity index (χ2v) is 9.43. The molecule has 1 aromatic rings. The Hall–Kier alpha value is -0.860. The molecule has 0 aliphatic heterocycles. The van der Waals surface area contributed by atoms with Gasteiger partial charge in [0.1, 0.15) is 0 Å². The third kappa shape index (κ3) is 14.7. The van der Waals surface area contributed by atoms with E-state index in [0.29, 0.717) is 0 Å². The zero-order valence-corrected chi connectivity index (χ0v) is 19.9. The summed E-state index contributed by atoms with van der Waals surface area (Å²) in [6.45, 7) is 6.52. The van der Waals surface area contributed by atoms with Gasteiger partial charge in [-0.25, -0.2) is 0 Å². The minimum absolute atomic E-state index is 0. The summed E-state index contributed by atoms with van der Waals surface area (Å²) >= 11 is 0. The van der Waals surface area contributed by atoms with Crippen molar-refractivity contribution in [3.05, 3.63) is 35.4 Å². The summed E-state index contributed by atoms with van der Waals surface area (Å²) in [6, 6.07) is 8.72. The predicted octanol–water partition coefficient (Wildman–Crippen LogP) is 7.86. The van der Waals surface area contributed by atoms with Crippen LogP contribution in [0.3, 0.4) is 0 Å². The van der Waals surface area contributed by atoms with Crippen LogP contribution in [0.25, 0.3) is 0 Å². The van der Waals surface area contributed by atoms with E-state index in [4.69, 9.17) is 5.73 Å². The van der Waals surface area contributed by atoms with Crippen molar-refractivity contribution in [3.8, 4) is 0 Å². The normalized spacial score (nSPS) is 11.4. The molecule has 1 aromatic carbocycles. The highest BCUT2D eigenvalue weighted by Crippen LogP contribution is 2.23. The van der Waals surface area contributed by atoms with Crippen LogP contribution in [0.15, 0.2) is 24.3 Å². The fraction of sp³-hybridized carbons (Fsp3) is 0.778. The van der Waals surface area contributed by atoms with E-state index in [0.717, 1.165) is 0 Å². The van der Waals surface area contributed by atoms with Gasteiger partial charge in [-0.2, -0.15) is 0 Å². The van der Waals surface area contributed by atoms with Gasteiger partial charge >= 0.3 is 0 Å². The van der Waals surface area contributed by atoms with Gasteiger partial charge in [-0.05, 0) is 37.8 Å². The largest absolute Gasteiger partial charge is 0.412 e. The highest BCUT2D eigenvalue weighted by molar-refractivity contribution is 5.32. The van der Waals surface area contributed by atoms with Crippen LogP contribution < -0.4 is 5.73 Å². The summed E-state index contributed by atoms with van der Waals surface area (Å²) < 4.78 is 0. The number of hydrogen-bond donors (Lipinski definition) is 1. The minimum Gasteiger partial charge on any atom is -0.412 e. The lowest BCUT2D eigenvalue weighted by Crippen LogP contribution is -2.30. The van der Waals surface area contributed by atoms with E-state index in [1.54, 1.807) is 0 Å². The zero-order chi connectivity index (χ0) is 20.5. The molecule has 0 fully saturated rings. The van der Waals surface area contributed by atoms with Crippen LogP contribution in [0.4, 0.5) is 0 Å². The molecule has 29 heavy (non-hydrogen) atoms. The Morgan fingerprint density at radius 2 is 1.00 bits per heavy atom. The van der Waals surface area contributed by atoms with Crippen LogP contribution in [0, 0.1) is 0 Å². The van der Waals surface area contributed by atoms with Crippen molar-refractivity contribution < 1.29 is 5.48 Å². The van der Waals surface area contributed by atoms with Gasteiger partial charge in [0, 0.05) is 5.54 Å². The number of aryl methyl sites for hydroxylation is 1. The Bertz CT molecular complexity index is 478. The SMILES string of the molecule is CCCCCCCCCCCCCCCCCCc1ccccc1C(C)(C)N.O. The minimum atomic E-state index is -0.231. The molecule has 0 unspecified atom stereocenters. The molecule has 0 aliphatic rings. The topological polar surface area (TPSA) is 57.5 Å². The molecule has 0 heterocycles. The third-order valence-corrected chi connectivity index (χ3v) is 6.01. The first-order valence-electron chi connectivity index (χ1n) is 12.4. The summed E-state index contributed by atoms with van der Waals surface area (Å²) in [7, 11) is 0. The van der Waals surface area contributed by atoms with E-state index < -0.39 is 0 Å². The second-order valence-electron chi connectivity index (χ2n) is 9.43. The number of rotatable bonds is 18. The molecule has 1 rings (SSSR count). The fourth-order valence-corrected chi connectivity index (χ4v) is 4.23. The van der Waals surface area contributed by atoms with Crippen LogP contribution >= 0.6 is 0 Å². The lowest BCUT2D eigenvalue weighted by atomic mass is 9.89. The third-order valence-electron chi connectivity index (χ3n) is 6.01. The monoisotopic (exact) mass is 405 g/mol. The Balaban J connectivity index is 0.00000784. The molecular formula is C27H51NO.